The van der Waals surface area contributed by atoms with Gasteiger partial charge in [0.15, 0.2) is 0 Å². The van der Waals surface area contributed by atoms with Crippen molar-refractivity contribution in [1.82, 2.24) is 10.6 Å². The molecule has 0 fully saturated rings. The van der Waals surface area contributed by atoms with Crippen molar-refractivity contribution in [2.24, 2.45) is 0 Å². The lowest BCUT2D eigenvalue weighted by atomic mass is 10.2. The molecule has 0 atom stereocenters. The van der Waals surface area contributed by atoms with Gasteiger partial charge < -0.3 is 15.4 Å². The molecule has 3 nitrogen and oxygen atoms in total. The second-order valence-corrected chi connectivity index (χ2v) is 5.58. The van der Waals surface area contributed by atoms with Gasteiger partial charge in [-0.15, -0.1) is 0 Å². The zero-order valence-corrected chi connectivity index (χ0v) is 13.7. The lowest BCUT2D eigenvalue weighted by molar-refractivity contribution is 0.306. The van der Waals surface area contributed by atoms with Crippen LogP contribution in [-0.2, 0) is 13.2 Å². The zero-order valence-electron chi connectivity index (χ0n) is 12.9. The van der Waals surface area contributed by atoms with Crippen LogP contribution in [0.3, 0.4) is 0 Å². The Morgan fingerprint density at radius 3 is 2.55 bits per heavy atom. The van der Waals surface area contributed by atoms with Gasteiger partial charge in [0, 0.05) is 6.54 Å². The molecule has 0 saturated carbocycles. The summed E-state index contributed by atoms with van der Waals surface area (Å²) in [4.78, 5) is 0. The van der Waals surface area contributed by atoms with E-state index in [0.29, 0.717) is 11.6 Å². The topological polar surface area (TPSA) is 33.3 Å². The van der Waals surface area contributed by atoms with Gasteiger partial charge in [0.25, 0.3) is 0 Å². The number of hydrogen-bond acceptors (Lipinski definition) is 3. The standard InChI is InChI=1S/C18H23ClN2O/c1-20-10-5-11-21-13-16-8-9-18(17(19)12-16)22-14-15-6-3-2-4-7-15/h2-4,6-9,12,20-21H,5,10-11,13-14H2,1H3. The number of benzene rings is 2. The van der Waals surface area contributed by atoms with E-state index in [1.165, 1.54) is 5.56 Å². The summed E-state index contributed by atoms with van der Waals surface area (Å²) < 4.78 is 5.77. The third-order valence-corrected chi connectivity index (χ3v) is 3.64. The Labute approximate surface area is 137 Å². The van der Waals surface area contributed by atoms with Gasteiger partial charge in [-0.1, -0.05) is 48.0 Å². The minimum Gasteiger partial charge on any atom is -0.487 e. The summed E-state index contributed by atoms with van der Waals surface area (Å²) in [5, 5.41) is 7.19. The fourth-order valence-corrected chi connectivity index (χ4v) is 2.39. The smallest absolute Gasteiger partial charge is 0.138 e. The quantitative estimate of drug-likeness (QED) is 0.693. The molecule has 2 aromatic carbocycles. The minimum absolute atomic E-state index is 0.530. The van der Waals surface area contributed by atoms with E-state index in [4.69, 9.17) is 16.3 Å². The van der Waals surface area contributed by atoms with Crippen LogP contribution in [-0.4, -0.2) is 20.1 Å². The Kier molecular flexibility index (Phi) is 7.23. The van der Waals surface area contributed by atoms with Crippen LogP contribution in [0.4, 0.5) is 0 Å². The number of halogens is 1. The van der Waals surface area contributed by atoms with Crippen molar-refractivity contribution in [2.45, 2.75) is 19.6 Å². The van der Waals surface area contributed by atoms with Crippen molar-refractivity contribution in [2.75, 3.05) is 20.1 Å². The Morgan fingerprint density at radius 2 is 1.82 bits per heavy atom. The fourth-order valence-electron chi connectivity index (χ4n) is 2.13. The van der Waals surface area contributed by atoms with Gasteiger partial charge in [-0.25, -0.2) is 0 Å². The van der Waals surface area contributed by atoms with Crippen LogP contribution in [0.15, 0.2) is 48.5 Å². The molecular formula is C18H23ClN2O. The summed E-state index contributed by atoms with van der Waals surface area (Å²) in [6, 6.07) is 16.0. The van der Waals surface area contributed by atoms with E-state index < -0.39 is 0 Å². The summed E-state index contributed by atoms with van der Waals surface area (Å²) in [7, 11) is 1.97. The number of nitrogens with one attached hydrogen (secondary N) is 2. The van der Waals surface area contributed by atoms with Crippen molar-refractivity contribution in [3.8, 4) is 5.75 Å². The molecule has 2 N–H and O–H groups in total. The van der Waals surface area contributed by atoms with E-state index in [2.05, 4.69) is 16.7 Å². The fraction of sp³-hybridized carbons (Fsp3) is 0.333. The molecule has 0 unspecified atom stereocenters. The second kappa shape index (κ2) is 9.46. The van der Waals surface area contributed by atoms with Crippen LogP contribution in [0.25, 0.3) is 0 Å². The molecule has 0 aliphatic carbocycles. The average Bonchev–Trinajstić information content (AvgIpc) is 2.55. The predicted molar refractivity (Wildman–Crippen MR) is 92.5 cm³/mol. The maximum Gasteiger partial charge on any atom is 0.138 e. The van der Waals surface area contributed by atoms with Gasteiger partial charge in [-0.05, 0) is 49.8 Å². The highest BCUT2D eigenvalue weighted by atomic mass is 35.5. The van der Waals surface area contributed by atoms with Crippen LogP contribution in [0.2, 0.25) is 5.02 Å². The third kappa shape index (κ3) is 5.68. The zero-order chi connectivity index (χ0) is 15.6. The SMILES string of the molecule is CNCCCNCc1ccc(OCc2ccccc2)c(Cl)c1. The molecular weight excluding hydrogens is 296 g/mol. The Hall–Kier alpha value is -1.55. The van der Waals surface area contributed by atoms with Gasteiger partial charge in [0.05, 0.1) is 5.02 Å². The van der Waals surface area contributed by atoms with Gasteiger partial charge in [0.2, 0.25) is 0 Å². The van der Waals surface area contributed by atoms with E-state index in [0.717, 1.165) is 37.4 Å². The highest BCUT2D eigenvalue weighted by Crippen LogP contribution is 2.26. The van der Waals surface area contributed by atoms with E-state index in [1.807, 2.05) is 49.5 Å². The summed E-state index contributed by atoms with van der Waals surface area (Å²) >= 11 is 6.30. The molecule has 0 aliphatic rings. The average molecular weight is 319 g/mol. The lowest BCUT2D eigenvalue weighted by Crippen LogP contribution is -2.19. The first-order chi connectivity index (χ1) is 10.8. The van der Waals surface area contributed by atoms with Crippen molar-refractivity contribution in [1.29, 1.82) is 0 Å². The summed E-state index contributed by atoms with van der Waals surface area (Å²) in [6.45, 7) is 3.37. The van der Waals surface area contributed by atoms with E-state index >= 15 is 0 Å². The third-order valence-electron chi connectivity index (χ3n) is 3.34. The Morgan fingerprint density at radius 1 is 1.00 bits per heavy atom. The number of ether oxygens (including phenoxy) is 1. The first-order valence-corrected chi connectivity index (χ1v) is 7.98. The Balaban J connectivity index is 1.81. The molecule has 0 spiro atoms. The van der Waals surface area contributed by atoms with Crippen molar-refractivity contribution >= 4 is 11.6 Å². The van der Waals surface area contributed by atoms with Crippen LogP contribution in [0.1, 0.15) is 17.5 Å². The molecule has 2 rings (SSSR count). The summed E-state index contributed by atoms with van der Waals surface area (Å²) in [5.41, 5.74) is 2.30. The Bertz CT molecular complexity index is 560. The molecule has 0 radical (unpaired) electrons. The maximum atomic E-state index is 6.30. The molecule has 4 heteroatoms. The normalized spacial score (nSPS) is 10.6. The second-order valence-electron chi connectivity index (χ2n) is 5.17. The largest absolute Gasteiger partial charge is 0.487 e. The predicted octanol–water partition coefficient (Wildman–Crippen LogP) is 3.62. The van der Waals surface area contributed by atoms with Crippen molar-refractivity contribution in [3.63, 3.8) is 0 Å². The molecule has 0 heterocycles. The monoisotopic (exact) mass is 318 g/mol. The van der Waals surface area contributed by atoms with Gasteiger partial charge >= 0.3 is 0 Å². The van der Waals surface area contributed by atoms with Crippen LogP contribution in [0, 0.1) is 0 Å². The molecule has 22 heavy (non-hydrogen) atoms. The highest BCUT2D eigenvalue weighted by molar-refractivity contribution is 6.32. The summed E-state index contributed by atoms with van der Waals surface area (Å²) in [5.74, 6) is 0.726. The van der Waals surface area contributed by atoms with Gasteiger partial charge in [-0.3, -0.25) is 0 Å². The van der Waals surface area contributed by atoms with E-state index in [1.54, 1.807) is 0 Å². The van der Waals surface area contributed by atoms with Crippen LogP contribution < -0.4 is 15.4 Å². The molecule has 118 valence electrons. The lowest BCUT2D eigenvalue weighted by Gasteiger charge is -2.10. The minimum atomic E-state index is 0.530. The van der Waals surface area contributed by atoms with E-state index in [9.17, 15) is 0 Å². The van der Waals surface area contributed by atoms with Crippen LogP contribution in [0.5, 0.6) is 5.75 Å². The number of rotatable bonds is 9. The molecule has 0 amide bonds. The van der Waals surface area contributed by atoms with Crippen molar-refractivity contribution < 1.29 is 4.74 Å². The molecule has 0 aromatic heterocycles. The van der Waals surface area contributed by atoms with E-state index in [-0.39, 0.29) is 0 Å². The summed E-state index contributed by atoms with van der Waals surface area (Å²) in [6.07, 6.45) is 1.11. The van der Waals surface area contributed by atoms with Gasteiger partial charge in [-0.2, -0.15) is 0 Å². The maximum absolute atomic E-state index is 6.30. The molecule has 0 saturated heterocycles. The molecule has 0 aliphatic heterocycles. The molecule has 2 aromatic rings. The van der Waals surface area contributed by atoms with Gasteiger partial charge in [0.1, 0.15) is 12.4 Å². The molecule has 0 bridgehead atoms. The first-order valence-electron chi connectivity index (χ1n) is 7.60. The number of hydrogen-bond donors (Lipinski definition) is 2. The van der Waals surface area contributed by atoms with Crippen molar-refractivity contribution in [3.05, 3.63) is 64.7 Å². The van der Waals surface area contributed by atoms with Crippen LogP contribution >= 0.6 is 11.6 Å². The first kappa shape index (κ1) is 16.8. The highest BCUT2D eigenvalue weighted by Gasteiger charge is 2.03.